The molecule has 136 valence electrons. The van der Waals surface area contributed by atoms with Crippen molar-refractivity contribution in [3.8, 4) is 0 Å². The smallest absolute Gasteiger partial charge is 0.319 e. The van der Waals surface area contributed by atoms with Crippen molar-refractivity contribution in [2.75, 3.05) is 11.9 Å². The average molecular weight is 346 g/mol. The first kappa shape index (κ1) is 17.5. The first-order valence-corrected chi connectivity index (χ1v) is 8.71. The highest BCUT2D eigenvalue weighted by molar-refractivity contribution is 5.89. The van der Waals surface area contributed by atoms with Gasteiger partial charge in [0.25, 0.3) is 0 Å². The maximum absolute atomic E-state index is 12.4. The van der Waals surface area contributed by atoms with E-state index in [0.29, 0.717) is 12.3 Å². The van der Waals surface area contributed by atoms with Crippen molar-refractivity contribution in [3.05, 3.63) is 29.3 Å². The quantitative estimate of drug-likeness (QED) is 0.870. The average Bonchev–Trinajstić information content (AvgIpc) is 3.23. The zero-order valence-corrected chi connectivity index (χ0v) is 15.2. The molecule has 1 aliphatic heterocycles. The van der Waals surface area contributed by atoms with Crippen molar-refractivity contribution in [2.24, 2.45) is 7.05 Å². The minimum absolute atomic E-state index is 0.0766. The molecule has 3 rings (SSSR count). The second-order valence-electron chi connectivity index (χ2n) is 6.49. The van der Waals surface area contributed by atoms with E-state index < -0.39 is 0 Å². The molecule has 2 amide bonds. The van der Waals surface area contributed by atoms with E-state index in [4.69, 9.17) is 4.74 Å². The molecule has 1 saturated heterocycles. The zero-order valence-electron chi connectivity index (χ0n) is 15.2. The molecule has 0 unspecified atom stereocenters. The molecule has 0 bridgehead atoms. The van der Waals surface area contributed by atoms with Crippen LogP contribution in [0.4, 0.5) is 10.5 Å². The van der Waals surface area contributed by atoms with Gasteiger partial charge in [-0.1, -0.05) is 6.92 Å². The highest BCUT2D eigenvalue weighted by Crippen LogP contribution is 2.33. The number of ether oxygens (including phenoxy) is 1. The van der Waals surface area contributed by atoms with Crippen molar-refractivity contribution >= 4 is 11.7 Å². The number of amides is 2. The molecule has 2 aromatic heterocycles. The van der Waals surface area contributed by atoms with Gasteiger partial charge in [0.2, 0.25) is 0 Å². The minimum Gasteiger partial charge on any atom is -0.371 e. The fourth-order valence-corrected chi connectivity index (χ4v) is 3.34. The van der Waals surface area contributed by atoms with Gasteiger partial charge in [-0.2, -0.15) is 10.2 Å². The molecule has 0 aromatic carbocycles. The Morgan fingerprint density at radius 3 is 2.92 bits per heavy atom. The van der Waals surface area contributed by atoms with Crippen LogP contribution in [0.1, 0.15) is 42.8 Å². The van der Waals surface area contributed by atoms with E-state index in [1.807, 2.05) is 36.5 Å². The van der Waals surface area contributed by atoms with Crippen molar-refractivity contribution in [1.29, 1.82) is 0 Å². The summed E-state index contributed by atoms with van der Waals surface area (Å²) in [6.07, 6.45) is 5.11. The van der Waals surface area contributed by atoms with E-state index in [1.54, 1.807) is 6.20 Å². The monoisotopic (exact) mass is 346 g/mol. The molecular weight excluding hydrogens is 320 g/mol. The van der Waals surface area contributed by atoms with Gasteiger partial charge in [0.1, 0.15) is 6.10 Å². The van der Waals surface area contributed by atoms with Crippen molar-refractivity contribution in [2.45, 2.75) is 52.3 Å². The first-order chi connectivity index (χ1) is 12.0. The van der Waals surface area contributed by atoms with Gasteiger partial charge in [-0.25, -0.2) is 4.79 Å². The maximum Gasteiger partial charge on any atom is 0.319 e. The van der Waals surface area contributed by atoms with Crippen LogP contribution in [0.2, 0.25) is 0 Å². The van der Waals surface area contributed by atoms with E-state index in [0.717, 1.165) is 36.3 Å². The van der Waals surface area contributed by atoms with E-state index in [1.165, 1.54) is 0 Å². The first-order valence-electron chi connectivity index (χ1n) is 8.71. The molecule has 2 atom stereocenters. The summed E-state index contributed by atoms with van der Waals surface area (Å²) in [6, 6.07) is -0.317. The lowest BCUT2D eigenvalue weighted by Gasteiger charge is -2.20. The van der Waals surface area contributed by atoms with Gasteiger partial charge >= 0.3 is 6.03 Å². The summed E-state index contributed by atoms with van der Waals surface area (Å²) in [7, 11) is 1.92. The molecule has 25 heavy (non-hydrogen) atoms. The molecule has 2 N–H and O–H groups in total. The third-order valence-electron chi connectivity index (χ3n) is 4.60. The Hall–Kier alpha value is -2.35. The summed E-state index contributed by atoms with van der Waals surface area (Å²) < 4.78 is 9.57. The van der Waals surface area contributed by atoms with Crippen molar-refractivity contribution < 1.29 is 9.53 Å². The Balaban J connectivity index is 1.65. The predicted molar refractivity (Wildman–Crippen MR) is 94.5 cm³/mol. The van der Waals surface area contributed by atoms with Crippen LogP contribution in [-0.4, -0.2) is 38.2 Å². The Bertz CT molecular complexity index is 750. The lowest BCUT2D eigenvalue weighted by Crippen LogP contribution is -2.39. The molecule has 0 aliphatic carbocycles. The number of carbonyl (C=O) groups excluding carboxylic acids is 1. The standard InChI is InChI=1S/C17H26N6O2/c1-5-7-23-10-13(9-18-23)19-17(24)20-14-6-8-25-16(14)15-11(2)21-22(4)12(15)3/h9-10,14,16H,5-8H2,1-4H3,(H2,19,20,24)/t14-,16-/m1/s1. The molecule has 8 heteroatoms. The van der Waals surface area contributed by atoms with Gasteiger partial charge < -0.3 is 15.4 Å². The number of urea groups is 1. The van der Waals surface area contributed by atoms with Gasteiger partial charge in [0.15, 0.2) is 0 Å². The second-order valence-corrected chi connectivity index (χ2v) is 6.49. The SMILES string of the molecule is CCCn1cc(NC(=O)N[C@@H]2CCO[C@H]2c2c(C)nn(C)c2C)cn1. The van der Waals surface area contributed by atoms with E-state index in [-0.39, 0.29) is 18.2 Å². The summed E-state index contributed by atoms with van der Waals surface area (Å²) in [4.78, 5) is 12.4. The van der Waals surface area contributed by atoms with Crippen LogP contribution < -0.4 is 10.6 Å². The predicted octanol–water partition coefficient (Wildman–Crippen LogP) is 2.30. The Labute approximate surface area is 147 Å². The van der Waals surface area contributed by atoms with E-state index in [2.05, 4.69) is 27.8 Å². The van der Waals surface area contributed by atoms with Gasteiger partial charge in [0, 0.05) is 37.7 Å². The fourth-order valence-electron chi connectivity index (χ4n) is 3.34. The summed E-state index contributed by atoms with van der Waals surface area (Å²) in [6.45, 7) is 7.54. The molecule has 2 aromatic rings. The lowest BCUT2D eigenvalue weighted by atomic mass is 10.0. The van der Waals surface area contributed by atoms with Crippen LogP contribution in [-0.2, 0) is 18.3 Å². The van der Waals surface area contributed by atoms with Crippen LogP contribution in [0.15, 0.2) is 12.4 Å². The molecular formula is C17H26N6O2. The summed E-state index contributed by atoms with van der Waals surface area (Å²) >= 11 is 0. The molecule has 1 aliphatic rings. The Morgan fingerprint density at radius 2 is 2.24 bits per heavy atom. The number of aryl methyl sites for hydroxylation is 3. The number of nitrogens with zero attached hydrogens (tertiary/aromatic N) is 4. The largest absolute Gasteiger partial charge is 0.371 e. The van der Waals surface area contributed by atoms with Gasteiger partial charge in [0.05, 0.1) is 23.6 Å². The highest BCUT2D eigenvalue weighted by atomic mass is 16.5. The summed E-state index contributed by atoms with van der Waals surface area (Å²) in [5, 5.41) is 14.5. The Morgan fingerprint density at radius 1 is 1.44 bits per heavy atom. The minimum atomic E-state index is -0.240. The fraction of sp³-hybridized carbons (Fsp3) is 0.588. The number of hydrogen-bond donors (Lipinski definition) is 2. The summed E-state index contributed by atoms with van der Waals surface area (Å²) in [5.41, 5.74) is 3.77. The normalized spacial score (nSPS) is 20.0. The van der Waals surface area contributed by atoms with Gasteiger partial charge in [-0.05, 0) is 26.7 Å². The number of rotatable bonds is 5. The third-order valence-corrected chi connectivity index (χ3v) is 4.60. The van der Waals surface area contributed by atoms with Crippen LogP contribution in [0.3, 0.4) is 0 Å². The molecule has 1 fully saturated rings. The topological polar surface area (TPSA) is 86.0 Å². The molecule has 8 nitrogen and oxygen atoms in total. The number of anilines is 1. The van der Waals surface area contributed by atoms with E-state index >= 15 is 0 Å². The number of carbonyl (C=O) groups is 1. The molecule has 0 spiro atoms. The molecule has 0 radical (unpaired) electrons. The van der Waals surface area contributed by atoms with Crippen LogP contribution >= 0.6 is 0 Å². The Kier molecular flexibility index (Phi) is 5.08. The number of aromatic nitrogens is 4. The molecule has 0 saturated carbocycles. The third kappa shape index (κ3) is 3.68. The zero-order chi connectivity index (χ0) is 18.0. The van der Waals surface area contributed by atoms with Crippen LogP contribution in [0.25, 0.3) is 0 Å². The van der Waals surface area contributed by atoms with Gasteiger partial charge in [-0.3, -0.25) is 9.36 Å². The van der Waals surface area contributed by atoms with Gasteiger partial charge in [-0.15, -0.1) is 0 Å². The second kappa shape index (κ2) is 7.26. The van der Waals surface area contributed by atoms with Crippen LogP contribution in [0.5, 0.6) is 0 Å². The van der Waals surface area contributed by atoms with Crippen LogP contribution in [0, 0.1) is 13.8 Å². The van der Waals surface area contributed by atoms with Crippen molar-refractivity contribution in [1.82, 2.24) is 24.9 Å². The highest BCUT2D eigenvalue weighted by Gasteiger charge is 2.34. The summed E-state index contributed by atoms with van der Waals surface area (Å²) in [5.74, 6) is 0. The molecule has 3 heterocycles. The van der Waals surface area contributed by atoms with Crippen molar-refractivity contribution in [3.63, 3.8) is 0 Å². The number of nitrogens with one attached hydrogen (secondary N) is 2. The van der Waals surface area contributed by atoms with E-state index in [9.17, 15) is 4.79 Å². The number of hydrogen-bond acceptors (Lipinski definition) is 4. The lowest BCUT2D eigenvalue weighted by molar-refractivity contribution is 0.0993. The maximum atomic E-state index is 12.4.